The quantitative estimate of drug-likeness (QED) is 0.738. The van der Waals surface area contributed by atoms with Crippen molar-refractivity contribution in [3.63, 3.8) is 0 Å². The van der Waals surface area contributed by atoms with Gasteiger partial charge in [0.2, 0.25) is 11.8 Å². The molecule has 0 unspecified atom stereocenters. The van der Waals surface area contributed by atoms with Crippen LogP contribution in [0, 0.1) is 0 Å². The first-order chi connectivity index (χ1) is 12.9. The standard InChI is InChI=1S/C20H24N2O3.C2H6/c1-20(2,3)16-7-4-15(5-8-16)6-10-18(24)22-17-9-11-19(21-14-17)25-13-12-23;1-2/h4-11,14,23H,12-13H2,1-3H3,(H,22,24);1-2H3/b10-6+;. The molecule has 146 valence electrons. The van der Waals surface area contributed by atoms with Gasteiger partial charge < -0.3 is 15.2 Å². The maximum atomic E-state index is 12.0. The van der Waals surface area contributed by atoms with E-state index in [1.54, 1.807) is 18.2 Å². The van der Waals surface area contributed by atoms with E-state index in [1.165, 1.54) is 17.8 Å². The number of aromatic nitrogens is 1. The molecule has 0 atom stereocenters. The second kappa shape index (κ2) is 11.1. The van der Waals surface area contributed by atoms with Gasteiger partial charge in [-0.1, -0.05) is 58.9 Å². The Morgan fingerprint density at radius 3 is 2.33 bits per heavy atom. The molecule has 5 nitrogen and oxygen atoms in total. The predicted octanol–water partition coefficient (Wildman–Crippen LogP) is 4.43. The highest BCUT2D eigenvalue weighted by molar-refractivity contribution is 6.01. The first-order valence-corrected chi connectivity index (χ1v) is 9.18. The van der Waals surface area contributed by atoms with Crippen molar-refractivity contribution in [2.24, 2.45) is 0 Å². The zero-order valence-electron chi connectivity index (χ0n) is 16.8. The van der Waals surface area contributed by atoms with E-state index < -0.39 is 0 Å². The lowest BCUT2D eigenvalue weighted by Gasteiger charge is -2.18. The molecule has 0 aliphatic heterocycles. The van der Waals surface area contributed by atoms with Crippen molar-refractivity contribution in [1.29, 1.82) is 0 Å². The van der Waals surface area contributed by atoms with E-state index in [-0.39, 0.29) is 24.5 Å². The van der Waals surface area contributed by atoms with E-state index in [2.05, 4.69) is 43.2 Å². The van der Waals surface area contributed by atoms with Crippen LogP contribution in [0.4, 0.5) is 5.69 Å². The van der Waals surface area contributed by atoms with Crippen LogP contribution in [0.5, 0.6) is 5.88 Å². The SMILES string of the molecule is CC.CC(C)(C)c1ccc(/C=C/C(=O)Nc2ccc(OCCO)nc2)cc1. The number of nitrogens with one attached hydrogen (secondary N) is 1. The number of amides is 1. The number of anilines is 1. The van der Waals surface area contributed by atoms with Gasteiger partial charge >= 0.3 is 0 Å². The number of carbonyl (C=O) groups is 1. The summed E-state index contributed by atoms with van der Waals surface area (Å²) in [6.07, 6.45) is 4.77. The van der Waals surface area contributed by atoms with Crippen molar-refractivity contribution in [2.45, 2.75) is 40.0 Å². The van der Waals surface area contributed by atoms with Gasteiger partial charge in [-0.15, -0.1) is 0 Å². The number of rotatable bonds is 6. The Labute approximate surface area is 162 Å². The lowest BCUT2D eigenvalue weighted by molar-refractivity contribution is -0.111. The normalized spacial score (nSPS) is 10.9. The molecule has 5 heteroatoms. The Balaban J connectivity index is 0.00000176. The Bertz CT molecular complexity index is 715. The minimum atomic E-state index is -0.231. The lowest BCUT2D eigenvalue weighted by atomic mass is 9.87. The molecule has 27 heavy (non-hydrogen) atoms. The summed E-state index contributed by atoms with van der Waals surface area (Å²) in [6.45, 7) is 10.6. The number of aliphatic hydroxyl groups excluding tert-OH is 1. The minimum absolute atomic E-state index is 0.0678. The average molecular weight is 370 g/mol. The van der Waals surface area contributed by atoms with E-state index in [0.717, 1.165) is 5.56 Å². The van der Waals surface area contributed by atoms with Crippen LogP contribution in [0.3, 0.4) is 0 Å². The monoisotopic (exact) mass is 370 g/mol. The number of pyridine rings is 1. The average Bonchev–Trinajstić information content (AvgIpc) is 2.67. The molecule has 1 heterocycles. The zero-order chi connectivity index (χ0) is 20.3. The molecule has 0 aliphatic rings. The third kappa shape index (κ3) is 8.05. The zero-order valence-corrected chi connectivity index (χ0v) is 16.8. The summed E-state index contributed by atoms with van der Waals surface area (Å²) in [7, 11) is 0. The first-order valence-electron chi connectivity index (χ1n) is 9.18. The highest BCUT2D eigenvalue weighted by Crippen LogP contribution is 2.22. The Hall–Kier alpha value is -2.66. The maximum Gasteiger partial charge on any atom is 0.248 e. The third-order valence-electron chi connectivity index (χ3n) is 3.55. The molecular weight excluding hydrogens is 340 g/mol. The molecule has 0 spiro atoms. The summed E-state index contributed by atoms with van der Waals surface area (Å²) in [5.74, 6) is 0.173. The predicted molar refractivity (Wildman–Crippen MR) is 111 cm³/mol. The maximum absolute atomic E-state index is 12.0. The summed E-state index contributed by atoms with van der Waals surface area (Å²) in [6, 6.07) is 11.5. The van der Waals surface area contributed by atoms with Crippen LogP contribution >= 0.6 is 0 Å². The van der Waals surface area contributed by atoms with Crippen LogP contribution in [0.25, 0.3) is 6.08 Å². The smallest absolute Gasteiger partial charge is 0.248 e. The summed E-state index contributed by atoms with van der Waals surface area (Å²) in [4.78, 5) is 16.0. The highest BCUT2D eigenvalue weighted by Gasteiger charge is 2.12. The van der Waals surface area contributed by atoms with E-state index in [1.807, 2.05) is 26.0 Å². The number of nitrogens with zero attached hydrogens (tertiary/aromatic N) is 1. The second-order valence-corrected chi connectivity index (χ2v) is 6.65. The van der Waals surface area contributed by atoms with Crippen LogP contribution in [0.15, 0.2) is 48.7 Å². The highest BCUT2D eigenvalue weighted by atomic mass is 16.5. The van der Waals surface area contributed by atoms with Gasteiger partial charge in [0, 0.05) is 12.1 Å². The van der Waals surface area contributed by atoms with E-state index in [0.29, 0.717) is 11.6 Å². The van der Waals surface area contributed by atoms with Gasteiger partial charge in [0.25, 0.3) is 0 Å². The number of carbonyl (C=O) groups excluding carboxylic acids is 1. The van der Waals surface area contributed by atoms with Gasteiger partial charge in [0.05, 0.1) is 18.5 Å². The summed E-state index contributed by atoms with van der Waals surface area (Å²) < 4.78 is 5.17. The number of hydrogen-bond donors (Lipinski definition) is 2. The summed E-state index contributed by atoms with van der Waals surface area (Å²) in [5, 5.41) is 11.4. The van der Waals surface area contributed by atoms with Crippen molar-refractivity contribution < 1.29 is 14.6 Å². The third-order valence-corrected chi connectivity index (χ3v) is 3.55. The van der Waals surface area contributed by atoms with Gasteiger partial charge in [-0.05, 0) is 28.7 Å². The van der Waals surface area contributed by atoms with Crippen LogP contribution in [0.1, 0.15) is 45.7 Å². The molecule has 0 fully saturated rings. The molecule has 0 saturated carbocycles. The number of ether oxygens (including phenoxy) is 1. The summed E-state index contributed by atoms with van der Waals surface area (Å²) >= 11 is 0. The Kier molecular flexibility index (Phi) is 9.23. The van der Waals surface area contributed by atoms with Crippen LogP contribution in [-0.2, 0) is 10.2 Å². The Morgan fingerprint density at radius 1 is 1.15 bits per heavy atom. The number of aliphatic hydroxyl groups is 1. The molecule has 0 aliphatic carbocycles. The number of benzene rings is 1. The van der Waals surface area contributed by atoms with Gasteiger partial charge in [0.1, 0.15) is 6.61 Å². The molecule has 2 rings (SSSR count). The molecule has 2 aromatic rings. The van der Waals surface area contributed by atoms with Crippen LogP contribution in [0.2, 0.25) is 0 Å². The first kappa shape index (κ1) is 22.4. The fraction of sp³-hybridized carbons (Fsp3) is 0.364. The van der Waals surface area contributed by atoms with Crippen LogP contribution in [-0.4, -0.2) is 29.2 Å². The minimum Gasteiger partial charge on any atom is -0.475 e. The second-order valence-electron chi connectivity index (χ2n) is 6.65. The lowest BCUT2D eigenvalue weighted by Crippen LogP contribution is -2.10. The van der Waals surface area contributed by atoms with E-state index >= 15 is 0 Å². The van der Waals surface area contributed by atoms with Gasteiger partial charge in [0.15, 0.2) is 0 Å². The largest absolute Gasteiger partial charge is 0.475 e. The molecular formula is C22H30N2O3. The molecule has 1 aromatic carbocycles. The van der Waals surface area contributed by atoms with E-state index in [9.17, 15) is 4.79 Å². The molecule has 1 aromatic heterocycles. The molecule has 1 amide bonds. The molecule has 0 saturated heterocycles. The number of hydrogen-bond acceptors (Lipinski definition) is 4. The molecule has 2 N–H and O–H groups in total. The topological polar surface area (TPSA) is 71.5 Å². The van der Waals surface area contributed by atoms with Crippen molar-refractivity contribution in [1.82, 2.24) is 4.98 Å². The van der Waals surface area contributed by atoms with Crippen molar-refractivity contribution in [3.8, 4) is 5.88 Å². The van der Waals surface area contributed by atoms with Gasteiger partial charge in [-0.25, -0.2) is 4.98 Å². The van der Waals surface area contributed by atoms with Crippen molar-refractivity contribution in [3.05, 3.63) is 59.8 Å². The van der Waals surface area contributed by atoms with Gasteiger partial charge in [-0.2, -0.15) is 0 Å². The van der Waals surface area contributed by atoms with Crippen LogP contribution < -0.4 is 10.1 Å². The van der Waals surface area contributed by atoms with Crippen molar-refractivity contribution >= 4 is 17.7 Å². The Morgan fingerprint density at radius 2 is 1.81 bits per heavy atom. The molecule has 0 radical (unpaired) electrons. The van der Waals surface area contributed by atoms with Gasteiger partial charge in [-0.3, -0.25) is 4.79 Å². The summed E-state index contributed by atoms with van der Waals surface area (Å²) in [5.41, 5.74) is 2.91. The fourth-order valence-electron chi connectivity index (χ4n) is 2.14. The van der Waals surface area contributed by atoms with Crippen molar-refractivity contribution in [2.75, 3.05) is 18.5 Å². The van der Waals surface area contributed by atoms with E-state index in [4.69, 9.17) is 9.84 Å². The molecule has 0 bridgehead atoms. The fourth-order valence-corrected chi connectivity index (χ4v) is 2.14.